The van der Waals surface area contributed by atoms with E-state index >= 15 is 0 Å². The molecule has 0 fully saturated rings. The molecule has 0 amide bonds. The maximum absolute atomic E-state index is 12.8. The second-order valence-corrected chi connectivity index (χ2v) is 5.86. The summed E-state index contributed by atoms with van der Waals surface area (Å²) in [6.45, 7) is 3.32. The Kier molecular flexibility index (Phi) is 2.91. The smallest absolute Gasteiger partial charge is 0.258 e. The molecule has 3 nitrogen and oxygen atoms in total. The molecule has 1 aliphatic heterocycles. The van der Waals surface area contributed by atoms with Crippen molar-refractivity contribution in [3.05, 3.63) is 69.5 Å². The third-order valence-electron chi connectivity index (χ3n) is 4.58. The number of rotatable bonds is 1. The minimum atomic E-state index is 0.0386. The molecule has 0 atom stereocenters. The standard InChI is InChI=1S/C19H17NO2/c1-12-7-8-14(17-11-22-10-16(12)17)15-9-13-5-3-4-6-18(13)20(2)19(15)21/h3-9H,10-11H2,1-2H3. The van der Waals surface area contributed by atoms with Gasteiger partial charge < -0.3 is 9.30 Å². The van der Waals surface area contributed by atoms with Crippen LogP contribution in [0.5, 0.6) is 0 Å². The van der Waals surface area contributed by atoms with Crippen LogP contribution in [0.3, 0.4) is 0 Å². The van der Waals surface area contributed by atoms with Gasteiger partial charge in [-0.3, -0.25) is 4.79 Å². The first-order valence-corrected chi connectivity index (χ1v) is 7.45. The minimum absolute atomic E-state index is 0.0386. The lowest BCUT2D eigenvalue weighted by molar-refractivity contribution is 0.134. The average Bonchev–Trinajstić information content (AvgIpc) is 3.02. The van der Waals surface area contributed by atoms with E-state index in [1.165, 1.54) is 11.1 Å². The summed E-state index contributed by atoms with van der Waals surface area (Å²) in [6.07, 6.45) is 0. The molecule has 22 heavy (non-hydrogen) atoms. The topological polar surface area (TPSA) is 31.2 Å². The van der Waals surface area contributed by atoms with Crippen LogP contribution in [0.4, 0.5) is 0 Å². The third-order valence-corrected chi connectivity index (χ3v) is 4.58. The summed E-state index contributed by atoms with van der Waals surface area (Å²) in [7, 11) is 1.83. The lowest BCUT2D eigenvalue weighted by atomic mass is 9.94. The minimum Gasteiger partial charge on any atom is -0.372 e. The molecule has 2 aromatic carbocycles. The zero-order valence-corrected chi connectivity index (χ0v) is 12.7. The highest BCUT2D eigenvalue weighted by Crippen LogP contribution is 2.32. The number of nitrogens with zero attached hydrogens (tertiary/aromatic N) is 1. The van der Waals surface area contributed by atoms with E-state index in [0.29, 0.717) is 13.2 Å². The van der Waals surface area contributed by atoms with Gasteiger partial charge in [-0.1, -0.05) is 30.3 Å². The molecular weight excluding hydrogens is 274 g/mol. The van der Waals surface area contributed by atoms with Crippen LogP contribution >= 0.6 is 0 Å². The predicted molar refractivity (Wildman–Crippen MR) is 87.9 cm³/mol. The van der Waals surface area contributed by atoms with Crippen LogP contribution in [0, 0.1) is 6.92 Å². The fraction of sp³-hybridized carbons (Fsp3) is 0.211. The van der Waals surface area contributed by atoms with Crippen LogP contribution in [0.15, 0.2) is 47.3 Å². The van der Waals surface area contributed by atoms with E-state index in [1.807, 2.05) is 43.4 Å². The van der Waals surface area contributed by atoms with Crippen LogP contribution in [0.1, 0.15) is 16.7 Å². The quantitative estimate of drug-likeness (QED) is 0.686. The molecule has 0 spiro atoms. The van der Waals surface area contributed by atoms with E-state index in [-0.39, 0.29) is 5.56 Å². The highest BCUT2D eigenvalue weighted by Gasteiger charge is 2.20. The molecule has 2 heterocycles. The maximum atomic E-state index is 12.8. The fourth-order valence-corrected chi connectivity index (χ4v) is 3.30. The lowest BCUT2D eigenvalue weighted by Crippen LogP contribution is -2.19. The van der Waals surface area contributed by atoms with Gasteiger partial charge in [-0.2, -0.15) is 0 Å². The van der Waals surface area contributed by atoms with E-state index in [0.717, 1.165) is 27.6 Å². The van der Waals surface area contributed by atoms with E-state index in [2.05, 4.69) is 13.0 Å². The van der Waals surface area contributed by atoms with Gasteiger partial charge in [-0.05, 0) is 46.7 Å². The van der Waals surface area contributed by atoms with Crippen LogP contribution in [-0.4, -0.2) is 4.57 Å². The first kappa shape index (κ1) is 13.3. The predicted octanol–water partition coefficient (Wildman–Crippen LogP) is 3.54. The normalized spacial score (nSPS) is 13.5. The number of aryl methyl sites for hydroxylation is 2. The molecule has 110 valence electrons. The third kappa shape index (κ3) is 1.82. The second-order valence-electron chi connectivity index (χ2n) is 5.86. The van der Waals surface area contributed by atoms with Gasteiger partial charge in [0.25, 0.3) is 5.56 Å². The first-order valence-electron chi connectivity index (χ1n) is 7.45. The molecule has 0 saturated carbocycles. The molecule has 0 bridgehead atoms. The van der Waals surface area contributed by atoms with Gasteiger partial charge in [0.15, 0.2) is 0 Å². The molecule has 0 radical (unpaired) electrons. The van der Waals surface area contributed by atoms with Crippen molar-refractivity contribution >= 4 is 10.9 Å². The Balaban J connectivity index is 2.06. The zero-order chi connectivity index (χ0) is 15.3. The molecule has 0 aliphatic carbocycles. The molecule has 0 N–H and O–H groups in total. The summed E-state index contributed by atoms with van der Waals surface area (Å²) >= 11 is 0. The van der Waals surface area contributed by atoms with Crippen LogP contribution in [-0.2, 0) is 25.0 Å². The molecule has 1 aliphatic rings. The van der Waals surface area contributed by atoms with Crippen molar-refractivity contribution in [3.63, 3.8) is 0 Å². The van der Waals surface area contributed by atoms with Gasteiger partial charge >= 0.3 is 0 Å². The van der Waals surface area contributed by atoms with Gasteiger partial charge in [-0.25, -0.2) is 0 Å². The van der Waals surface area contributed by atoms with E-state index in [4.69, 9.17) is 4.74 Å². The lowest BCUT2D eigenvalue weighted by Gasteiger charge is -2.12. The molecule has 1 aromatic heterocycles. The number of ether oxygens (including phenoxy) is 1. The van der Waals surface area contributed by atoms with Crippen LogP contribution in [0.25, 0.3) is 22.0 Å². The highest BCUT2D eigenvalue weighted by atomic mass is 16.5. The number of aromatic nitrogens is 1. The van der Waals surface area contributed by atoms with E-state index in [1.54, 1.807) is 4.57 Å². The van der Waals surface area contributed by atoms with Gasteiger partial charge in [0.1, 0.15) is 0 Å². The number of benzene rings is 2. The SMILES string of the molecule is Cc1ccc(-c2cc3ccccc3n(C)c2=O)c2c1COC2. The molecule has 4 rings (SSSR count). The van der Waals surface area contributed by atoms with Crippen molar-refractivity contribution in [2.45, 2.75) is 20.1 Å². The Morgan fingerprint density at radius 1 is 1.00 bits per heavy atom. The second kappa shape index (κ2) is 4.82. The van der Waals surface area contributed by atoms with Crippen molar-refractivity contribution in [2.24, 2.45) is 7.05 Å². The summed E-state index contributed by atoms with van der Waals surface area (Å²) in [5, 5.41) is 1.08. The Labute approximate surface area is 128 Å². The van der Waals surface area contributed by atoms with Crippen molar-refractivity contribution in [1.29, 1.82) is 0 Å². The number of fused-ring (bicyclic) bond motifs is 2. The Morgan fingerprint density at radius 2 is 1.77 bits per heavy atom. The van der Waals surface area contributed by atoms with Crippen molar-refractivity contribution < 1.29 is 4.74 Å². The van der Waals surface area contributed by atoms with Gasteiger partial charge in [0.2, 0.25) is 0 Å². The van der Waals surface area contributed by atoms with Gasteiger partial charge in [-0.15, -0.1) is 0 Å². The van der Waals surface area contributed by atoms with Crippen molar-refractivity contribution in [3.8, 4) is 11.1 Å². The Bertz CT molecular complexity index is 954. The summed E-state index contributed by atoms with van der Waals surface area (Å²) < 4.78 is 7.34. The average molecular weight is 291 g/mol. The molecule has 0 unspecified atom stereocenters. The zero-order valence-electron chi connectivity index (χ0n) is 12.7. The summed E-state index contributed by atoms with van der Waals surface area (Å²) in [5.74, 6) is 0. The maximum Gasteiger partial charge on any atom is 0.258 e. The van der Waals surface area contributed by atoms with Crippen LogP contribution in [0.2, 0.25) is 0 Å². The summed E-state index contributed by atoms with van der Waals surface area (Å²) in [5.41, 5.74) is 6.37. The van der Waals surface area contributed by atoms with E-state index in [9.17, 15) is 4.79 Å². The Morgan fingerprint density at radius 3 is 2.64 bits per heavy atom. The van der Waals surface area contributed by atoms with Gasteiger partial charge in [0, 0.05) is 12.6 Å². The molecule has 3 heteroatoms. The molecule has 3 aromatic rings. The van der Waals surface area contributed by atoms with Crippen molar-refractivity contribution in [1.82, 2.24) is 4.57 Å². The van der Waals surface area contributed by atoms with E-state index < -0.39 is 0 Å². The first-order chi connectivity index (χ1) is 10.7. The Hall–Kier alpha value is -2.39. The van der Waals surface area contributed by atoms with Crippen molar-refractivity contribution in [2.75, 3.05) is 0 Å². The summed E-state index contributed by atoms with van der Waals surface area (Å²) in [4.78, 5) is 12.8. The van der Waals surface area contributed by atoms with Gasteiger partial charge in [0.05, 0.1) is 18.7 Å². The summed E-state index contributed by atoms with van der Waals surface area (Å²) in [6, 6.07) is 14.1. The fourth-order valence-electron chi connectivity index (χ4n) is 3.30. The monoisotopic (exact) mass is 291 g/mol. The highest BCUT2D eigenvalue weighted by molar-refractivity contribution is 5.85. The number of pyridine rings is 1. The molecular formula is C19H17NO2. The number of para-hydroxylation sites is 1. The number of hydrogen-bond acceptors (Lipinski definition) is 2. The molecule has 0 saturated heterocycles. The largest absolute Gasteiger partial charge is 0.372 e. The number of hydrogen-bond donors (Lipinski definition) is 0. The van der Waals surface area contributed by atoms with Crippen LogP contribution < -0.4 is 5.56 Å².